The number of rotatable bonds is 8. The molecule has 6 nitrogen and oxygen atoms in total. The Labute approximate surface area is 152 Å². The number of hydrogen-bond acceptors (Lipinski definition) is 5. The molecule has 0 amide bonds. The third-order valence-electron chi connectivity index (χ3n) is 3.33. The normalized spacial score (nSPS) is 13.4. The van der Waals surface area contributed by atoms with Gasteiger partial charge >= 0.3 is 0 Å². The number of thiophene rings is 1. The molecule has 0 saturated carbocycles. The molecular weight excluding hydrogens is 358 g/mol. The Morgan fingerprint density at radius 2 is 1.96 bits per heavy atom. The van der Waals surface area contributed by atoms with Crippen molar-refractivity contribution in [3.63, 3.8) is 0 Å². The van der Waals surface area contributed by atoms with Crippen molar-refractivity contribution < 1.29 is 13.5 Å². The number of nitrogens with zero attached hydrogens (tertiary/aromatic N) is 1. The molecule has 0 aliphatic heterocycles. The average Bonchev–Trinajstić information content (AvgIpc) is 3.13. The van der Waals surface area contributed by atoms with E-state index in [2.05, 4.69) is 15.6 Å². The predicted molar refractivity (Wildman–Crippen MR) is 102 cm³/mol. The summed E-state index contributed by atoms with van der Waals surface area (Å²) in [7, 11) is -3.46. The van der Waals surface area contributed by atoms with Crippen LogP contribution < -0.4 is 10.6 Å². The van der Waals surface area contributed by atoms with Crippen LogP contribution in [0.15, 0.2) is 57.0 Å². The zero-order valence-corrected chi connectivity index (χ0v) is 15.7. The van der Waals surface area contributed by atoms with Gasteiger partial charge in [-0.1, -0.05) is 36.4 Å². The quantitative estimate of drug-likeness (QED) is 0.478. The smallest absolute Gasteiger partial charge is 0.191 e. The predicted octanol–water partition coefficient (Wildman–Crippen LogP) is 1.64. The third kappa shape index (κ3) is 6.49. The van der Waals surface area contributed by atoms with Crippen LogP contribution >= 0.6 is 11.3 Å². The molecule has 3 N–H and O–H groups in total. The maximum atomic E-state index is 12.2. The van der Waals surface area contributed by atoms with Crippen LogP contribution in [0, 0.1) is 0 Å². The van der Waals surface area contributed by atoms with Gasteiger partial charge in [0.2, 0.25) is 0 Å². The summed E-state index contributed by atoms with van der Waals surface area (Å²) in [4.78, 5) is 4.44. The van der Waals surface area contributed by atoms with Gasteiger partial charge in [0.1, 0.15) is 4.21 Å². The van der Waals surface area contributed by atoms with Crippen LogP contribution in [0.5, 0.6) is 0 Å². The molecule has 1 atom stereocenters. The number of hydrogen-bond donors (Lipinski definition) is 3. The van der Waals surface area contributed by atoms with Gasteiger partial charge in [-0.25, -0.2) is 13.4 Å². The molecule has 0 fully saturated rings. The van der Waals surface area contributed by atoms with Crippen LogP contribution in [0.2, 0.25) is 0 Å². The molecule has 2 rings (SSSR count). The van der Waals surface area contributed by atoms with Crippen molar-refractivity contribution in [1.29, 1.82) is 0 Å². The molecular formula is C17H23N3O3S2. The van der Waals surface area contributed by atoms with Gasteiger partial charge in [-0.2, -0.15) is 0 Å². The van der Waals surface area contributed by atoms with E-state index in [4.69, 9.17) is 0 Å². The number of guanidine groups is 1. The third-order valence-corrected chi connectivity index (χ3v) is 6.61. The molecule has 0 radical (unpaired) electrons. The highest BCUT2D eigenvalue weighted by atomic mass is 32.2. The first kappa shape index (κ1) is 19.4. The highest BCUT2D eigenvalue weighted by Gasteiger charge is 2.20. The molecule has 1 aromatic heterocycles. The molecule has 0 saturated heterocycles. The summed E-state index contributed by atoms with van der Waals surface area (Å²) in [6, 6.07) is 13.0. The van der Waals surface area contributed by atoms with Gasteiger partial charge in [0.15, 0.2) is 15.8 Å². The Bertz CT molecular complexity index is 760. The van der Waals surface area contributed by atoms with E-state index < -0.39 is 15.9 Å². The lowest BCUT2D eigenvalue weighted by Crippen LogP contribution is -2.42. The molecule has 0 spiro atoms. The second-order valence-corrected chi connectivity index (χ2v) is 8.64. The number of benzene rings is 1. The number of sulfone groups is 1. The summed E-state index contributed by atoms with van der Waals surface area (Å²) in [6.07, 6.45) is -1.02. The second kappa shape index (κ2) is 9.55. The Balaban J connectivity index is 1.89. The number of aliphatic hydroxyl groups excluding tert-OH is 1. The Morgan fingerprint density at radius 3 is 2.60 bits per heavy atom. The van der Waals surface area contributed by atoms with Gasteiger partial charge in [0, 0.05) is 13.1 Å². The fourth-order valence-electron chi connectivity index (χ4n) is 2.14. The monoisotopic (exact) mass is 381 g/mol. The van der Waals surface area contributed by atoms with Crippen LogP contribution in [-0.2, 0) is 16.4 Å². The van der Waals surface area contributed by atoms with Gasteiger partial charge < -0.3 is 15.7 Å². The molecule has 1 heterocycles. The van der Waals surface area contributed by atoms with Crippen molar-refractivity contribution in [2.75, 3.05) is 18.8 Å². The van der Waals surface area contributed by atoms with Gasteiger partial charge in [-0.05, 0) is 23.9 Å². The number of aliphatic hydroxyl groups is 1. The minimum Gasteiger partial charge on any atom is -0.390 e. The van der Waals surface area contributed by atoms with Gasteiger partial charge in [0.05, 0.1) is 18.4 Å². The maximum Gasteiger partial charge on any atom is 0.191 e. The first-order chi connectivity index (χ1) is 12.0. The SMILES string of the molecule is CCNC(=NCc1ccccc1)NCC(O)CS(=O)(=O)c1cccs1. The molecule has 1 aromatic carbocycles. The van der Waals surface area contributed by atoms with Gasteiger partial charge in [-0.15, -0.1) is 11.3 Å². The van der Waals surface area contributed by atoms with E-state index in [1.807, 2.05) is 37.3 Å². The largest absolute Gasteiger partial charge is 0.390 e. The summed E-state index contributed by atoms with van der Waals surface area (Å²) in [5.74, 6) is 0.220. The van der Waals surface area contributed by atoms with Crippen molar-refractivity contribution in [2.45, 2.75) is 23.8 Å². The molecule has 136 valence electrons. The maximum absolute atomic E-state index is 12.2. The number of nitrogens with one attached hydrogen (secondary N) is 2. The van der Waals surface area contributed by atoms with E-state index in [-0.39, 0.29) is 16.5 Å². The second-order valence-electron chi connectivity index (χ2n) is 5.43. The highest BCUT2D eigenvalue weighted by Crippen LogP contribution is 2.17. The summed E-state index contributed by atoms with van der Waals surface area (Å²) in [5, 5.41) is 17.8. The summed E-state index contributed by atoms with van der Waals surface area (Å²) in [5.41, 5.74) is 1.07. The van der Waals surface area contributed by atoms with Crippen LogP contribution in [-0.4, -0.2) is 44.4 Å². The van der Waals surface area contributed by atoms with Gasteiger partial charge in [0.25, 0.3) is 0 Å². The lowest BCUT2D eigenvalue weighted by molar-refractivity contribution is 0.200. The Kier molecular flexibility index (Phi) is 7.42. The Morgan fingerprint density at radius 1 is 1.20 bits per heavy atom. The molecule has 0 aliphatic carbocycles. The van der Waals surface area contributed by atoms with Crippen LogP contribution in [0.1, 0.15) is 12.5 Å². The van der Waals surface area contributed by atoms with Crippen molar-refractivity contribution in [3.8, 4) is 0 Å². The van der Waals surface area contributed by atoms with Crippen LogP contribution in [0.25, 0.3) is 0 Å². The molecule has 8 heteroatoms. The summed E-state index contributed by atoms with van der Waals surface area (Å²) >= 11 is 1.15. The summed E-state index contributed by atoms with van der Waals surface area (Å²) < 4.78 is 24.6. The van der Waals surface area contributed by atoms with E-state index in [1.165, 1.54) is 0 Å². The van der Waals surface area contributed by atoms with Crippen molar-refractivity contribution in [2.24, 2.45) is 4.99 Å². The molecule has 25 heavy (non-hydrogen) atoms. The zero-order chi connectivity index (χ0) is 18.1. The van der Waals surface area contributed by atoms with Crippen LogP contribution in [0.4, 0.5) is 0 Å². The average molecular weight is 382 g/mol. The lowest BCUT2D eigenvalue weighted by Gasteiger charge is -2.15. The topological polar surface area (TPSA) is 90.8 Å². The standard InChI is InChI=1S/C17H23N3O3S2/c1-2-18-17(19-11-14-7-4-3-5-8-14)20-12-15(21)13-25(22,23)16-9-6-10-24-16/h3-10,15,21H,2,11-13H2,1H3,(H2,18,19,20). The minimum absolute atomic E-state index is 0.102. The van der Waals surface area contributed by atoms with Crippen molar-refractivity contribution in [1.82, 2.24) is 10.6 Å². The van der Waals surface area contributed by atoms with E-state index in [0.29, 0.717) is 19.0 Å². The van der Waals surface area contributed by atoms with Crippen molar-refractivity contribution in [3.05, 3.63) is 53.4 Å². The molecule has 1 unspecified atom stereocenters. The zero-order valence-electron chi connectivity index (χ0n) is 14.1. The van der Waals surface area contributed by atoms with Crippen molar-refractivity contribution >= 4 is 27.1 Å². The van der Waals surface area contributed by atoms with E-state index in [0.717, 1.165) is 16.9 Å². The first-order valence-corrected chi connectivity index (χ1v) is 10.5. The molecule has 0 aliphatic rings. The molecule has 2 aromatic rings. The summed E-state index contributed by atoms with van der Waals surface area (Å²) in [6.45, 7) is 3.21. The fraction of sp³-hybridized carbons (Fsp3) is 0.353. The van der Waals surface area contributed by atoms with Crippen LogP contribution in [0.3, 0.4) is 0 Å². The minimum atomic E-state index is -3.46. The first-order valence-electron chi connectivity index (χ1n) is 8.01. The highest BCUT2D eigenvalue weighted by molar-refractivity contribution is 7.93. The van der Waals surface area contributed by atoms with E-state index in [9.17, 15) is 13.5 Å². The fourth-order valence-corrected chi connectivity index (χ4v) is 4.62. The Hall–Kier alpha value is -1.90. The number of aliphatic imine (C=N–C) groups is 1. The molecule has 0 bridgehead atoms. The van der Waals surface area contributed by atoms with E-state index >= 15 is 0 Å². The lowest BCUT2D eigenvalue weighted by atomic mass is 10.2. The van der Waals surface area contributed by atoms with Gasteiger partial charge in [-0.3, -0.25) is 0 Å². The van der Waals surface area contributed by atoms with E-state index in [1.54, 1.807) is 17.5 Å².